The highest BCUT2D eigenvalue weighted by Gasteiger charge is 2.35. The molecular weight excluding hydrogens is 342 g/mol. The summed E-state index contributed by atoms with van der Waals surface area (Å²) < 4.78 is 1.71. The summed E-state index contributed by atoms with van der Waals surface area (Å²) in [5.74, 6) is 0.646. The Hall–Kier alpha value is -2.61. The highest BCUT2D eigenvalue weighted by molar-refractivity contribution is 5.89. The third kappa shape index (κ3) is 3.62. The van der Waals surface area contributed by atoms with Crippen LogP contribution in [0.25, 0.3) is 5.69 Å². The maximum atomic E-state index is 12.8. The van der Waals surface area contributed by atoms with Gasteiger partial charge >= 0.3 is 6.03 Å². The molecule has 2 aliphatic heterocycles. The standard InChI is InChI=1S/C19H27N7O/c1-23(2)18-20-13-26(22-18)16-6-4-5-14(11-16)21-19(27)25-10-9-15-7-8-17(12-25)24(15)3/h4-6,11,13,15,17H,7-10,12H2,1-3H3,(H,21,27). The molecule has 2 aliphatic rings. The van der Waals surface area contributed by atoms with E-state index in [0.29, 0.717) is 18.0 Å². The van der Waals surface area contributed by atoms with Gasteiger partial charge in [0.25, 0.3) is 0 Å². The molecule has 2 saturated heterocycles. The fraction of sp³-hybridized carbons (Fsp3) is 0.526. The van der Waals surface area contributed by atoms with Crippen LogP contribution in [0.2, 0.25) is 0 Å². The number of carbonyl (C=O) groups excluding carboxylic acids is 1. The van der Waals surface area contributed by atoms with Gasteiger partial charge in [-0.25, -0.2) is 9.48 Å². The van der Waals surface area contributed by atoms with E-state index in [4.69, 9.17) is 0 Å². The van der Waals surface area contributed by atoms with E-state index >= 15 is 0 Å². The lowest BCUT2D eigenvalue weighted by Gasteiger charge is -2.26. The van der Waals surface area contributed by atoms with Crippen molar-refractivity contribution in [2.75, 3.05) is 44.4 Å². The van der Waals surface area contributed by atoms with Crippen molar-refractivity contribution in [2.45, 2.75) is 31.3 Å². The summed E-state index contributed by atoms with van der Waals surface area (Å²) in [5.41, 5.74) is 1.63. The molecule has 27 heavy (non-hydrogen) atoms. The Morgan fingerprint density at radius 2 is 2.04 bits per heavy atom. The van der Waals surface area contributed by atoms with Crippen LogP contribution in [0.4, 0.5) is 16.4 Å². The summed E-state index contributed by atoms with van der Waals surface area (Å²) in [6.45, 7) is 1.61. The maximum absolute atomic E-state index is 12.8. The van der Waals surface area contributed by atoms with Crippen molar-refractivity contribution in [3.05, 3.63) is 30.6 Å². The van der Waals surface area contributed by atoms with E-state index in [0.717, 1.165) is 30.9 Å². The lowest BCUT2D eigenvalue weighted by atomic mass is 10.1. The van der Waals surface area contributed by atoms with Crippen molar-refractivity contribution in [2.24, 2.45) is 0 Å². The summed E-state index contributed by atoms with van der Waals surface area (Å²) in [5, 5.41) is 7.49. The summed E-state index contributed by atoms with van der Waals surface area (Å²) in [6.07, 6.45) is 5.16. The van der Waals surface area contributed by atoms with Crippen molar-refractivity contribution in [3.8, 4) is 5.69 Å². The van der Waals surface area contributed by atoms with E-state index in [9.17, 15) is 4.79 Å². The van der Waals surface area contributed by atoms with Gasteiger partial charge in [0.15, 0.2) is 0 Å². The summed E-state index contributed by atoms with van der Waals surface area (Å²) in [7, 11) is 6.00. The number of amides is 2. The van der Waals surface area contributed by atoms with Crippen molar-refractivity contribution >= 4 is 17.7 Å². The lowest BCUT2D eigenvalue weighted by molar-refractivity contribution is 0.200. The zero-order chi connectivity index (χ0) is 19.0. The van der Waals surface area contributed by atoms with Gasteiger partial charge in [0.1, 0.15) is 6.33 Å². The maximum Gasteiger partial charge on any atom is 0.321 e. The molecule has 4 rings (SSSR count). The second kappa shape index (κ2) is 7.19. The molecule has 1 aromatic carbocycles. The van der Waals surface area contributed by atoms with Crippen LogP contribution >= 0.6 is 0 Å². The average Bonchev–Trinajstić information content (AvgIpc) is 3.21. The number of nitrogens with zero attached hydrogens (tertiary/aromatic N) is 6. The third-order valence-corrected chi connectivity index (χ3v) is 5.68. The number of rotatable bonds is 3. The number of benzene rings is 1. The van der Waals surface area contributed by atoms with E-state index in [1.54, 1.807) is 11.0 Å². The number of carbonyl (C=O) groups is 1. The zero-order valence-corrected chi connectivity index (χ0v) is 16.2. The Kier molecular flexibility index (Phi) is 4.73. The molecule has 0 spiro atoms. The Labute approximate surface area is 159 Å². The zero-order valence-electron chi connectivity index (χ0n) is 16.2. The van der Waals surface area contributed by atoms with Crippen LogP contribution in [0.15, 0.2) is 30.6 Å². The molecule has 2 amide bonds. The largest absolute Gasteiger partial charge is 0.346 e. The van der Waals surface area contributed by atoms with Gasteiger partial charge in [0, 0.05) is 45.0 Å². The molecule has 3 heterocycles. The van der Waals surface area contributed by atoms with E-state index in [1.165, 1.54) is 12.8 Å². The van der Waals surface area contributed by atoms with Crippen LogP contribution in [0.1, 0.15) is 19.3 Å². The fourth-order valence-electron chi connectivity index (χ4n) is 4.01. The van der Waals surface area contributed by atoms with E-state index in [1.807, 2.05) is 48.2 Å². The number of hydrogen-bond donors (Lipinski definition) is 1. The Morgan fingerprint density at radius 3 is 2.81 bits per heavy atom. The topological polar surface area (TPSA) is 69.5 Å². The number of aromatic nitrogens is 3. The predicted octanol–water partition coefficient (Wildman–Crippen LogP) is 2.03. The molecule has 0 saturated carbocycles. The van der Waals surface area contributed by atoms with Crippen LogP contribution in [0, 0.1) is 0 Å². The summed E-state index contributed by atoms with van der Waals surface area (Å²) in [6, 6.07) is 8.76. The van der Waals surface area contributed by atoms with E-state index in [2.05, 4.69) is 27.3 Å². The molecule has 2 atom stereocenters. The molecule has 2 aromatic rings. The van der Waals surface area contributed by atoms with Crippen LogP contribution in [-0.2, 0) is 0 Å². The quantitative estimate of drug-likeness (QED) is 0.897. The van der Waals surface area contributed by atoms with E-state index < -0.39 is 0 Å². The van der Waals surface area contributed by atoms with Gasteiger partial charge in [-0.2, -0.15) is 4.98 Å². The molecule has 8 heteroatoms. The van der Waals surface area contributed by atoms with Gasteiger partial charge in [0.05, 0.1) is 5.69 Å². The van der Waals surface area contributed by atoms with E-state index in [-0.39, 0.29) is 6.03 Å². The summed E-state index contributed by atoms with van der Waals surface area (Å²) in [4.78, 5) is 23.3. The molecule has 2 unspecified atom stereocenters. The molecule has 1 aromatic heterocycles. The number of anilines is 2. The fourth-order valence-corrected chi connectivity index (χ4v) is 4.01. The highest BCUT2D eigenvalue weighted by atomic mass is 16.2. The minimum atomic E-state index is -0.0272. The molecular formula is C19H27N7O. The van der Waals surface area contributed by atoms with Crippen LogP contribution in [0.5, 0.6) is 0 Å². The van der Waals surface area contributed by atoms with Crippen LogP contribution in [-0.4, -0.2) is 76.9 Å². The summed E-state index contributed by atoms with van der Waals surface area (Å²) >= 11 is 0. The highest BCUT2D eigenvalue weighted by Crippen LogP contribution is 2.28. The molecule has 0 radical (unpaired) electrons. The third-order valence-electron chi connectivity index (χ3n) is 5.68. The van der Waals surface area contributed by atoms with Gasteiger partial charge < -0.3 is 15.1 Å². The second-order valence-corrected chi connectivity index (χ2v) is 7.65. The first-order valence-electron chi connectivity index (χ1n) is 9.48. The van der Waals surface area contributed by atoms with Crippen LogP contribution < -0.4 is 10.2 Å². The van der Waals surface area contributed by atoms with Gasteiger partial charge in [-0.05, 0) is 44.5 Å². The number of likely N-dealkylation sites (tertiary alicyclic amines) is 1. The SMILES string of the molecule is CN(C)c1ncn(-c2cccc(NC(=O)N3CCC4CCC(C3)N4C)c2)n1. The Morgan fingerprint density at radius 1 is 1.22 bits per heavy atom. The van der Waals surface area contributed by atoms with Crippen molar-refractivity contribution in [3.63, 3.8) is 0 Å². The number of nitrogens with one attached hydrogen (secondary N) is 1. The second-order valence-electron chi connectivity index (χ2n) is 7.65. The smallest absolute Gasteiger partial charge is 0.321 e. The van der Waals surface area contributed by atoms with Gasteiger partial charge in [0.2, 0.25) is 5.95 Å². The molecule has 1 N–H and O–H groups in total. The Bertz CT molecular complexity index is 818. The minimum Gasteiger partial charge on any atom is -0.346 e. The molecule has 0 aliphatic carbocycles. The van der Waals surface area contributed by atoms with Crippen molar-refractivity contribution in [1.29, 1.82) is 0 Å². The number of fused-ring (bicyclic) bond motifs is 2. The predicted molar refractivity (Wildman–Crippen MR) is 105 cm³/mol. The minimum absolute atomic E-state index is 0.0272. The first-order valence-corrected chi connectivity index (χ1v) is 9.48. The van der Waals surface area contributed by atoms with Gasteiger partial charge in [-0.15, -0.1) is 5.10 Å². The Balaban J connectivity index is 1.45. The van der Waals surface area contributed by atoms with Gasteiger partial charge in [-0.1, -0.05) is 6.07 Å². The average molecular weight is 369 g/mol. The number of urea groups is 1. The molecule has 144 valence electrons. The van der Waals surface area contributed by atoms with Crippen molar-refractivity contribution in [1.82, 2.24) is 24.6 Å². The molecule has 8 nitrogen and oxygen atoms in total. The van der Waals surface area contributed by atoms with Crippen molar-refractivity contribution < 1.29 is 4.79 Å². The first kappa shape index (κ1) is 17.8. The molecule has 2 fully saturated rings. The number of likely N-dealkylation sites (N-methyl/N-ethyl adjacent to an activating group) is 1. The monoisotopic (exact) mass is 369 g/mol. The van der Waals surface area contributed by atoms with Gasteiger partial charge in [-0.3, -0.25) is 4.90 Å². The lowest BCUT2D eigenvalue weighted by Crippen LogP contribution is -2.41. The molecule has 2 bridgehead atoms. The normalized spacial score (nSPS) is 22.6. The van der Waals surface area contributed by atoms with Crippen LogP contribution in [0.3, 0.4) is 0 Å². The first-order chi connectivity index (χ1) is 13.0. The number of hydrogen-bond acceptors (Lipinski definition) is 5.